The SMILES string of the molecule is C=CC(CCCCCl)c1ccc(F)c(F)c1F.CCCc1ccccc1.CCN. The molecule has 0 radical (unpaired) electrons. The van der Waals surface area contributed by atoms with Crippen LogP contribution in [0.2, 0.25) is 0 Å². The minimum absolute atomic E-state index is 0.147. The van der Waals surface area contributed by atoms with Crippen molar-refractivity contribution in [2.24, 2.45) is 5.73 Å². The monoisotopic (exact) mass is 427 g/mol. The van der Waals surface area contributed by atoms with Crippen LogP contribution in [-0.4, -0.2) is 12.4 Å². The molecule has 29 heavy (non-hydrogen) atoms. The lowest BCUT2D eigenvalue weighted by atomic mass is 9.93. The van der Waals surface area contributed by atoms with Crippen LogP contribution in [-0.2, 0) is 6.42 Å². The van der Waals surface area contributed by atoms with Gasteiger partial charge < -0.3 is 5.73 Å². The predicted octanol–water partition coefficient (Wildman–Crippen LogP) is 7.39. The van der Waals surface area contributed by atoms with Crippen LogP contribution in [0.15, 0.2) is 55.1 Å². The molecule has 5 heteroatoms. The zero-order valence-corrected chi connectivity index (χ0v) is 18.2. The third-order valence-electron chi connectivity index (χ3n) is 4.03. The van der Waals surface area contributed by atoms with Gasteiger partial charge in [0, 0.05) is 11.8 Å². The Labute approximate surface area is 178 Å². The van der Waals surface area contributed by atoms with Crippen LogP contribution in [0.25, 0.3) is 0 Å². The first-order valence-corrected chi connectivity index (χ1v) is 10.6. The molecule has 0 fully saturated rings. The van der Waals surface area contributed by atoms with Crippen LogP contribution in [0.1, 0.15) is 56.6 Å². The number of rotatable bonds is 8. The lowest BCUT2D eigenvalue weighted by Gasteiger charge is -2.14. The van der Waals surface area contributed by atoms with E-state index in [0.717, 1.165) is 25.5 Å². The molecule has 0 spiro atoms. The second kappa shape index (κ2) is 17.1. The lowest BCUT2D eigenvalue weighted by molar-refractivity contribution is 0.436. The molecule has 2 rings (SSSR count). The van der Waals surface area contributed by atoms with E-state index in [4.69, 9.17) is 17.3 Å². The fraction of sp³-hybridized carbons (Fsp3) is 0.417. The summed E-state index contributed by atoms with van der Waals surface area (Å²) in [5, 5.41) is 0. The maximum absolute atomic E-state index is 13.5. The van der Waals surface area contributed by atoms with Crippen molar-refractivity contribution in [1.29, 1.82) is 0 Å². The molecule has 2 N–H and O–H groups in total. The van der Waals surface area contributed by atoms with Gasteiger partial charge in [-0.1, -0.05) is 69.2 Å². The molecule has 0 aliphatic carbocycles. The van der Waals surface area contributed by atoms with E-state index in [1.165, 1.54) is 24.5 Å². The van der Waals surface area contributed by atoms with E-state index in [0.29, 0.717) is 12.3 Å². The average molecular weight is 428 g/mol. The summed E-state index contributed by atoms with van der Waals surface area (Å²) in [7, 11) is 0. The Hall–Kier alpha value is -1.78. The first-order valence-electron chi connectivity index (χ1n) is 10.0. The number of hydrogen-bond donors (Lipinski definition) is 1. The van der Waals surface area contributed by atoms with Gasteiger partial charge in [-0.2, -0.15) is 0 Å². The number of benzene rings is 2. The minimum atomic E-state index is -1.42. The largest absolute Gasteiger partial charge is 0.331 e. The topological polar surface area (TPSA) is 26.0 Å². The molecule has 1 unspecified atom stereocenters. The van der Waals surface area contributed by atoms with E-state index in [2.05, 4.69) is 43.8 Å². The van der Waals surface area contributed by atoms with Crippen molar-refractivity contribution in [1.82, 2.24) is 0 Å². The highest BCUT2D eigenvalue weighted by Crippen LogP contribution is 2.27. The summed E-state index contributed by atoms with van der Waals surface area (Å²) in [5.41, 5.74) is 6.44. The summed E-state index contributed by atoms with van der Waals surface area (Å²) >= 11 is 5.54. The fourth-order valence-electron chi connectivity index (χ4n) is 2.62. The summed E-state index contributed by atoms with van der Waals surface area (Å²) in [6.07, 6.45) is 6.21. The van der Waals surface area contributed by atoms with Crippen LogP contribution in [0.4, 0.5) is 13.2 Å². The highest BCUT2D eigenvalue weighted by Gasteiger charge is 2.18. The Morgan fingerprint density at radius 3 is 2.14 bits per heavy atom. The highest BCUT2D eigenvalue weighted by atomic mass is 35.5. The molecule has 0 aliphatic heterocycles. The molecule has 0 amide bonds. The van der Waals surface area contributed by atoms with Gasteiger partial charge in [-0.05, 0) is 43.0 Å². The molecule has 162 valence electrons. The van der Waals surface area contributed by atoms with Crippen molar-refractivity contribution in [2.45, 2.75) is 51.9 Å². The van der Waals surface area contributed by atoms with Gasteiger partial charge in [0.25, 0.3) is 0 Å². The number of halogens is 4. The molecule has 0 aromatic heterocycles. The Morgan fingerprint density at radius 2 is 1.62 bits per heavy atom. The van der Waals surface area contributed by atoms with Crippen LogP contribution in [0.5, 0.6) is 0 Å². The summed E-state index contributed by atoms with van der Waals surface area (Å²) < 4.78 is 39.4. The van der Waals surface area contributed by atoms with Crippen LogP contribution in [0.3, 0.4) is 0 Å². The molecular formula is C24H33ClF3N. The quantitative estimate of drug-likeness (QED) is 0.202. The molecule has 0 saturated heterocycles. The Kier molecular flexibility index (Phi) is 16.1. The minimum Gasteiger partial charge on any atom is -0.331 e. The van der Waals surface area contributed by atoms with Gasteiger partial charge in [-0.25, -0.2) is 13.2 Å². The van der Waals surface area contributed by atoms with Gasteiger partial charge in [0.15, 0.2) is 17.5 Å². The van der Waals surface area contributed by atoms with Crippen LogP contribution >= 0.6 is 11.6 Å². The zero-order valence-electron chi connectivity index (χ0n) is 17.4. The van der Waals surface area contributed by atoms with E-state index >= 15 is 0 Å². The second-order valence-corrected chi connectivity index (χ2v) is 6.81. The zero-order chi connectivity index (χ0) is 22.1. The van der Waals surface area contributed by atoms with E-state index < -0.39 is 17.5 Å². The summed E-state index contributed by atoms with van der Waals surface area (Å²) in [4.78, 5) is 0. The first kappa shape index (κ1) is 27.2. The molecule has 0 bridgehead atoms. The van der Waals surface area contributed by atoms with Crippen molar-refractivity contribution >= 4 is 11.6 Å². The number of nitrogens with two attached hydrogens (primary N) is 1. The van der Waals surface area contributed by atoms with Gasteiger partial charge in [0.2, 0.25) is 0 Å². The first-order chi connectivity index (χ1) is 14.0. The normalized spacial score (nSPS) is 10.9. The van der Waals surface area contributed by atoms with E-state index in [-0.39, 0.29) is 11.5 Å². The molecule has 1 nitrogen and oxygen atoms in total. The van der Waals surface area contributed by atoms with Crippen LogP contribution < -0.4 is 5.73 Å². The number of alkyl halides is 1. The number of hydrogen-bond acceptors (Lipinski definition) is 1. The molecule has 0 saturated carbocycles. The maximum atomic E-state index is 13.5. The standard InChI is InChI=1S/C13H14ClF3.C9H12.C2H7N/c1-2-9(5-3-4-8-14)10-6-7-11(15)13(17)12(10)16;1-2-6-9-7-4-3-5-8-9;1-2-3/h2,6-7,9H,1,3-5,8H2;3-5,7-8H,2,6H2,1H3;2-3H2,1H3. The van der Waals surface area contributed by atoms with Crippen molar-refractivity contribution in [3.8, 4) is 0 Å². The highest BCUT2D eigenvalue weighted by molar-refractivity contribution is 6.17. The third-order valence-corrected chi connectivity index (χ3v) is 4.30. The van der Waals surface area contributed by atoms with Crippen molar-refractivity contribution in [3.05, 3.63) is 83.7 Å². The molecule has 2 aromatic carbocycles. The molecule has 0 heterocycles. The van der Waals surface area contributed by atoms with Gasteiger partial charge in [-0.3, -0.25) is 0 Å². The van der Waals surface area contributed by atoms with Crippen LogP contribution in [0, 0.1) is 17.5 Å². The smallest absolute Gasteiger partial charge is 0.194 e. The fourth-order valence-corrected chi connectivity index (χ4v) is 2.81. The summed E-state index contributed by atoms with van der Waals surface area (Å²) in [5.74, 6) is -3.50. The van der Waals surface area contributed by atoms with E-state index in [1.54, 1.807) is 6.08 Å². The number of aryl methyl sites for hydroxylation is 1. The van der Waals surface area contributed by atoms with Gasteiger partial charge in [0.05, 0.1) is 0 Å². The lowest BCUT2D eigenvalue weighted by Crippen LogP contribution is -2.03. The van der Waals surface area contributed by atoms with Gasteiger partial charge in [0.1, 0.15) is 0 Å². The summed E-state index contributed by atoms with van der Waals surface area (Å²) in [6.45, 7) is 8.45. The molecular weight excluding hydrogens is 395 g/mol. The molecule has 0 aliphatic rings. The third kappa shape index (κ3) is 11.1. The Balaban J connectivity index is 0.000000544. The molecule has 2 aromatic rings. The van der Waals surface area contributed by atoms with Gasteiger partial charge >= 0.3 is 0 Å². The average Bonchev–Trinajstić information content (AvgIpc) is 2.72. The van der Waals surface area contributed by atoms with E-state index in [1.807, 2.05) is 6.92 Å². The maximum Gasteiger partial charge on any atom is 0.194 e. The number of allylic oxidation sites excluding steroid dienone is 1. The van der Waals surface area contributed by atoms with E-state index in [9.17, 15) is 13.2 Å². The van der Waals surface area contributed by atoms with Crippen molar-refractivity contribution < 1.29 is 13.2 Å². The predicted molar refractivity (Wildman–Crippen MR) is 119 cm³/mol. The Bertz CT molecular complexity index is 677. The summed E-state index contributed by atoms with van der Waals surface area (Å²) in [6, 6.07) is 12.8. The Morgan fingerprint density at radius 1 is 1.00 bits per heavy atom. The number of unbranched alkanes of at least 4 members (excludes halogenated alkanes) is 1. The van der Waals surface area contributed by atoms with Crippen molar-refractivity contribution in [2.75, 3.05) is 12.4 Å². The van der Waals surface area contributed by atoms with Crippen molar-refractivity contribution in [3.63, 3.8) is 0 Å². The molecule has 1 atom stereocenters. The van der Waals surface area contributed by atoms with Gasteiger partial charge in [-0.15, -0.1) is 18.2 Å². The second-order valence-electron chi connectivity index (χ2n) is 6.44.